The molecule has 1 fully saturated rings. The van der Waals surface area contributed by atoms with Crippen LogP contribution in [0.4, 0.5) is 0 Å². The Bertz CT molecular complexity index is 694. The lowest BCUT2D eigenvalue weighted by Gasteiger charge is -2.27. The molecule has 0 aromatic heterocycles. The lowest BCUT2D eigenvalue weighted by atomic mass is 9.93. The molecule has 1 aliphatic rings. The molecule has 1 aliphatic carbocycles. The van der Waals surface area contributed by atoms with Gasteiger partial charge in [-0.05, 0) is 69.0 Å². The van der Waals surface area contributed by atoms with Crippen LogP contribution in [0, 0.1) is 0 Å². The van der Waals surface area contributed by atoms with Crippen LogP contribution in [0.2, 0.25) is 0 Å². The number of nitrogens with one attached hydrogen (secondary N) is 1. The van der Waals surface area contributed by atoms with Crippen LogP contribution in [-0.4, -0.2) is 29.3 Å². The zero-order valence-corrected chi connectivity index (χ0v) is 14.9. The standard InChI is InChI=1S/C21H25NO4/c1-15(21(24)22-16-7-9-17(23)10-8-16)25-19-11-13-20(14-12-19)26-18-5-3-2-4-6-18/h2-6,11-17,23H,7-10H2,1H3,(H,22,24). The van der Waals surface area contributed by atoms with Gasteiger partial charge in [0.2, 0.25) is 0 Å². The third-order valence-electron chi connectivity index (χ3n) is 4.53. The number of carbonyl (C=O) groups excluding carboxylic acids is 1. The minimum Gasteiger partial charge on any atom is -0.481 e. The van der Waals surface area contributed by atoms with E-state index in [-0.39, 0.29) is 18.1 Å². The Morgan fingerprint density at radius 2 is 1.54 bits per heavy atom. The van der Waals surface area contributed by atoms with Crippen molar-refractivity contribution < 1.29 is 19.4 Å². The van der Waals surface area contributed by atoms with Gasteiger partial charge < -0.3 is 19.9 Å². The highest BCUT2D eigenvalue weighted by Crippen LogP contribution is 2.24. The molecule has 0 heterocycles. The molecule has 1 unspecified atom stereocenters. The minimum absolute atomic E-state index is 0.124. The van der Waals surface area contributed by atoms with Crippen molar-refractivity contribution in [3.05, 3.63) is 54.6 Å². The number of aliphatic hydroxyl groups is 1. The normalized spacial score (nSPS) is 20.8. The maximum Gasteiger partial charge on any atom is 0.260 e. The third-order valence-corrected chi connectivity index (χ3v) is 4.53. The van der Waals surface area contributed by atoms with Gasteiger partial charge in [0.25, 0.3) is 5.91 Å². The van der Waals surface area contributed by atoms with Gasteiger partial charge in [-0.2, -0.15) is 0 Å². The first-order valence-electron chi connectivity index (χ1n) is 9.08. The van der Waals surface area contributed by atoms with Crippen molar-refractivity contribution in [2.45, 2.75) is 50.9 Å². The van der Waals surface area contributed by atoms with Gasteiger partial charge in [0.05, 0.1) is 6.10 Å². The highest BCUT2D eigenvalue weighted by atomic mass is 16.5. The van der Waals surface area contributed by atoms with Crippen LogP contribution in [0.1, 0.15) is 32.6 Å². The van der Waals surface area contributed by atoms with Crippen LogP contribution in [0.25, 0.3) is 0 Å². The van der Waals surface area contributed by atoms with E-state index >= 15 is 0 Å². The molecule has 0 radical (unpaired) electrons. The number of para-hydroxylation sites is 1. The molecule has 0 aliphatic heterocycles. The Balaban J connectivity index is 1.49. The summed E-state index contributed by atoms with van der Waals surface area (Å²) in [6.07, 6.45) is 2.29. The molecule has 1 amide bonds. The van der Waals surface area contributed by atoms with E-state index in [1.54, 1.807) is 19.1 Å². The average Bonchev–Trinajstić information content (AvgIpc) is 2.66. The fourth-order valence-corrected chi connectivity index (χ4v) is 3.01. The van der Waals surface area contributed by atoms with Crippen molar-refractivity contribution in [3.8, 4) is 17.2 Å². The van der Waals surface area contributed by atoms with Gasteiger partial charge in [-0.15, -0.1) is 0 Å². The maximum absolute atomic E-state index is 12.3. The van der Waals surface area contributed by atoms with Crippen molar-refractivity contribution in [1.29, 1.82) is 0 Å². The van der Waals surface area contributed by atoms with E-state index in [1.807, 2.05) is 42.5 Å². The molecule has 5 nitrogen and oxygen atoms in total. The Labute approximate surface area is 153 Å². The number of benzene rings is 2. The smallest absolute Gasteiger partial charge is 0.260 e. The number of hydrogen-bond donors (Lipinski definition) is 2. The van der Waals surface area contributed by atoms with E-state index in [2.05, 4.69) is 5.32 Å². The van der Waals surface area contributed by atoms with Gasteiger partial charge in [-0.1, -0.05) is 18.2 Å². The second kappa shape index (κ2) is 8.72. The molecule has 3 rings (SSSR count). The number of amides is 1. The highest BCUT2D eigenvalue weighted by molar-refractivity contribution is 5.81. The summed E-state index contributed by atoms with van der Waals surface area (Å²) < 4.78 is 11.5. The first-order chi connectivity index (χ1) is 12.6. The molecule has 2 aromatic carbocycles. The Morgan fingerprint density at radius 3 is 2.19 bits per heavy atom. The molecule has 5 heteroatoms. The zero-order chi connectivity index (χ0) is 18.4. The van der Waals surface area contributed by atoms with Crippen molar-refractivity contribution in [1.82, 2.24) is 5.32 Å². The van der Waals surface area contributed by atoms with Gasteiger partial charge >= 0.3 is 0 Å². The molecule has 2 N–H and O–H groups in total. The van der Waals surface area contributed by atoms with Crippen LogP contribution in [0.5, 0.6) is 17.2 Å². The van der Waals surface area contributed by atoms with E-state index < -0.39 is 6.10 Å². The predicted octanol–water partition coefficient (Wildman–Crippen LogP) is 3.67. The fraction of sp³-hybridized carbons (Fsp3) is 0.381. The van der Waals surface area contributed by atoms with E-state index in [1.165, 1.54) is 0 Å². The van der Waals surface area contributed by atoms with Gasteiger partial charge in [-0.25, -0.2) is 0 Å². The van der Waals surface area contributed by atoms with Crippen molar-refractivity contribution in [2.24, 2.45) is 0 Å². The second-order valence-corrected chi connectivity index (χ2v) is 6.66. The first-order valence-corrected chi connectivity index (χ1v) is 9.08. The summed E-state index contributed by atoms with van der Waals surface area (Å²) in [6.45, 7) is 1.74. The summed E-state index contributed by atoms with van der Waals surface area (Å²) >= 11 is 0. The first kappa shape index (κ1) is 18.3. The van der Waals surface area contributed by atoms with E-state index in [9.17, 15) is 9.90 Å². The molecule has 0 spiro atoms. The molecule has 0 bridgehead atoms. The van der Waals surface area contributed by atoms with E-state index in [4.69, 9.17) is 9.47 Å². The summed E-state index contributed by atoms with van der Waals surface area (Å²) in [5.74, 6) is 1.97. The van der Waals surface area contributed by atoms with Gasteiger partial charge in [-0.3, -0.25) is 4.79 Å². The van der Waals surface area contributed by atoms with Crippen LogP contribution in [0.3, 0.4) is 0 Å². The lowest BCUT2D eigenvalue weighted by Crippen LogP contribution is -2.44. The second-order valence-electron chi connectivity index (χ2n) is 6.66. The molecule has 138 valence electrons. The summed E-state index contributed by atoms with van der Waals surface area (Å²) in [5.41, 5.74) is 0. The number of rotatable bonds is 6. The highest BCUT2D eigenvalue weighted by Gasteiger charge is 2.23. The van der Waals surface area contributed by atoms with Crippen LogP contribution in [0.15, 0.2) is 54.6 Å². The monoisotopic (exact) mass is 355 g/mol. The Hall–Kier alpha value is -2.53. The quantitative estimate of drug-likeness (QED) is 0.830. The fourth-order valence-electron chi connectivity index (χ4n) is 3.01. The average molecular weight is 355 g/mol. The van der Waals surface area contributed by atoms with Crippen LogP contribution < -0.4 is 14.8 Å². The van der Waals surface area contributed by atoms with Gasteiger partial charge in [0, 0.05) is 6.04 Å². The van der Waals surface area contributed by atoms with Crippen LogP contribution in [-0.2, 0) is 4.79 Å². The summed E-state index contributed by atoms with van der Waals surface area (Å²) in [6, 6.07) is 16.9. The Morgan fingerprint density at radius 1 is 0.962 bits per heavy atom. The van der Waals surface area contributed by atoms with E-state index in [0.717, 1.165) is 31.4 Å². The van der Waals surface area contributed by atoms with Crippen LogP contribution >= 0.6 is 0 Å². The van der Waals surface area contributed by atoms with E-state index in [0.29, 0.717) is 11.5 Å². The zero-order valence-electron chi connectivity index (χ0n) is 14.9. The number of carbonyl (C=O) groups is 1. The van der Waals surface area contributed by atoms with Crippen molar-refractivity contribution in [2.75, 3.05) is 0 Å². The molecule has 26 heavy (non-hydrogen) atoms. The van der Waals surface area contributed by atoms with Crippen molar-refractivity contribution >= 4 is 5.91 Å². The Kier molecular flexibility index (Phi) is 6.12. The molecule has 2 aromatic rings. The predicted molar refractivity (Wildman–Crippen MR) is 99.5 cm³/mol. The topological polar surface area (TPSA) is 67.8 Å². The number of ether oxygens (including phenoxy) is 2. The molecule has 0 saturated heterocycles. The van der Waals surface area contributed by atoms with Gasteiger partial charge in [0.15, 0.2) is 6.10 Å². The number of hydrogen-bond acceptors (Lipinski definition) is 4. The minimum atomic E-state index is -0.581. The lowest BCUT2D eigenvalue weighted by molar-refractivity contribution is -0.128. The van der Waals surface area contributed by atoms with Gasteiger partial charge in [0.1, 0.15) is 17.2 Å². The largest absolute Gasteiger partial charge is 0.481 e. The molecular formula is C21H25NO4. The van der Waals surface area contributed by atoms with Crippen molar-refractivity contribution in [3.63, 3.8) is 0 Å². The maximum atomic E-state index is 12.3. The SMILES string of the molecule is CC(Oc1ccc(Oc2ccccc2)cc1)C(=O)NC1CCC(O)CC1. The summed E-state index contributed by atoms with van der Waals surface area (Å²) in [7, 11) is 0. The third kappa shape index (κ3) is 5.23. The molecule has 1 atom stereocenters. The molecular weight excluding hydrogens is 330 g/mol. The number of aliphatic hydroxyl groups excluding tert-OH is 1. The molecule has 1 saturated carbocycles. The summed E-state index contributed by atoms with van der Waals surface area (Å²) in [5, 5.41) is 12.5. The summed E-state index contributed by atoms with van der Waals surface area (Å²) in [4.78, 5) is 12.3.